The van der Waals surface area contributed by atoms with Crippen molar-refractivity contribution >= 4 is 0 Å². The van der Waals surface area contributed by atoms with Crippen LogP contribution in [0.2, 0.25) is 0 Å². The Hall–Kier alpha value is -0.0800. The summed E-state index contributed by atoms with van der Waals surface area (Å²) in [6, 6.07) is 0.310. The Morgan fingerprint density at radius 1 is 1.33 bits per heavy atom. The largest absolute Gasteiger partial charge is 0.377 e. The molecule has 0 radical (unpaired) electrons. The fourth-order valence-electron chi connectivity index (χ4n) is 2.53. The first kappa shape index (κ1) is 8.52. The van der Waals surface area contributed by atoms with Crippen molar-refractivity contribution in [2.45, 2.75) is 50.2 Å². The van der Waals surface area contributed by atoms with E-state index in [2.05, 4.69) is 0 Å². The van der Waals surface area contributed by atoms with Gasteiger partial charge < -0.3 is 10.5 Å². The molecule has 0 saturated heterocycles. The average molecular weight is 169 g/mol. The molecule has 2 aliphatic rings. The lowest BCUT2D eigenvalue weighted by molar-refractivity contribution is -0.0309. The Morgan fingerprint density at radius 3 is 2.33 bits per heavy atom. The summed E-state index contributed by atoms with van der Waals surface area (Å²) in [5, 5.41) is 0. The van der Waals surface area contributed by atoms with Crippen LogP contribution in [0.5, 0.6) is 0 Å². The van der Waals surface area contributed by atoms with E-state index in [1.807, 2.05) is 7.11 Å². The maximum absolute atomic E-state index is 6.20. The minimum Gasteiger partial charge on any atom is -0.377 e. The number of hydrogen-bond acceptors (Lipinski definition) is 2. The van der Waals surface area contributed by atoms with Crippen LogP contribution in [0.3, 0.4) is 0 Å². The summed E-state index contributed by atoms with van der Waals surface area (Å²) in [7, 11) is 1.83. The summed E-state index contributed by atoms with van der Waals surface area (Å²) in [5.74, 6) is 0.767. The number of hydrogen-bond donors (Lipinski definition) is 1. The van der Waals surface area contributed by atoms with Crippen molar-refractivity contribution in [2.75, 3.05) is 7.11 Å². The highest BCUT2D eigenvalue weighted by Crippen LogP contribution is 2.44. The van der Waals surface area contributed by atoms with Gasteiger partial charge in [-0.1, -0.05) is 12.8 Å². The van der Waals surface area contributed by atoms with Crippen molar-refractivity contribution in [3.8, 4) is 0 Å². The Morgan fingerprint density at radius 2 is 1.92 bits per heavy atom. The molecule has 70 valence electrons. The van der Waals surface area contributed by atoms with Gasteiger partial charge in [-0.05, 0) is 31.6 Å². The molecule has 12 heavy (non-hydrogen) atoms. The van der Waals surface area contributed by atoms with Crippen molar-refractivity contribution in [3.05, 3.63) is 0 Å². The van der Waals surface area contributed by atoms with Gasteiger partial charge in [0.25, 0.3) is 0 Å². The number of nitrogens with two attached hydrogens (primary N) is 1. The van der Waals surface area contributed by atoms with E-state index in [4.69, 9.17) is 10.5 Å². The highest BCUT2D eigenvalue weighted by atomic mass is 16.5. The van der Waals surface area contributed by atoms with Gasteiger partial charge in [-0.2, -0.15) is 0 Å². The first-order chi connectivity index (χ1) is 5.78. The van der Waals surface area contributed by atoms with Gasteiger partial charge in [0.15, 0.2) is 0 Å². The van der Waals surface area contributed by atoms with E-state index in [0.29, 0.717) is 6.04 Å². The maximum atomic E-state index is 6.20. The molecule has 0 spiro atoms. The maximum Gasteiger partial charge on any atom is 0.0831 e. The molecular formula is C10H19NO. The quantitative estimate of drug-likeness (QED) is 0.697. The van der Waals surface area contributed by atoms with Crippen LogP contribution in [0.4, 0.5) is 0 Å². The zero-order valence-corrected chi connectivity index (χ0v) is 7.88. The van der Waals surface area contributed by atoms with Crippen LogP contribution >= 0.6 is 0 Å². The summed E-state index contributed by atoms with van der Waals surface area (Å²) >= 11 is 0. The highest BCUT2D eigenvalue weighted by Gasteiger charge is 2.46. The zero-order valence-electron chi connectivity index (χ0n) is 7.88. The van der Waals surface area contributed by atoms with Crippen LogP contribution in [0.1, 0.15) is 38.5 Å². The van der Waals surface area contributed by atoms with Crippen molar-refractivity contribution < 1.29 is 4.74 Å². The molecule has 2 heteroatoms. The summed E-state index contributed by atoms with van der Waals surface area (Å²) in [4.78, 5) is 0. The van der Waals surface area contributed by atoms with Crippen molar-refractivity contribution in [1.82, 2.24) is 0 Å². The van der Waals surface area contributed by atoms with Crippen LogP contribution < -0.4 is 5.73 Å². The van der Waals surface area contributed by atoms with Crippen LogP contribution in [-0.2, 0) is 4.74 Å². The zero-order chi connectivity index (χ0) is 8.60. The Bertz CT molecular complexity index is 159. The third kappa shape index (κ3) is 1.27. The second kappa shape index (κ2) is 3.00. The van der Waals surface area contributed by atoms with Gasteiger partial charge in [0.05, 0.1) is 5.60 Å². The fourth-order valence-corrected chi connectivity index (χ4v) is 2.53. The molecule has 0 aliphatic heterocycles. The van der Waals surface area contributed by atoms with Gasteiger partial charge in [-0.3, -0.25) is 0 Å². The predicted molar refractivity (Wildman–Crippen MR) is 48.9 cm³/mol. The summed E-state index contributed by atoms with van der Waals surface area (Å²) < 4.78 is 5.64. The first-order valence-electron chi connectivity index (χ1n) is 5.09. The monoisotopic (exact) mass is 169 g/mol. The summed E-state index contributed by atoms with van der Waals surface area (Å²) in [6.07, 6.45) is 7.61. The standard InChI is InChI=1S/C10H19NO/c1-12-10(6-2-3-7-10)9(11)8-4-5-8/h8-9H,2-7,11H2,1H3. The van der Waals surface area contributed by atoms with E-state index in [9.17, 15) is 0 Å². The van der Waals surface area contributed by atoms with E-state index in [1.165, 1.54) is 38.5 Å². The molecule has 0 bridgehead atoms. The van der Waals surface area contributed by atoms with E-state index >= 15 is 0 Å². The van der Waals surface area contributed by atoms with E-state index in [0.717, 1.165) is 5.92 Å². The Labute approximate surface area is 74.5 Å². The lowest BCUT2D eigenvalue weighted by atomic mass is 9.89. The van der Waals surface area contributed by atoms with Gasteiger partial charge in [0.1, 0.15) is 0 Å². The first-order valence-corrected chi connectivity index (χ1v) is 5.09. The summed E-state index contributed by atoms with van der Waals surface area (Å²) in [5.41, 5.74) is 6.26. The molecule has 2 saturated carbocycles. The number of rotatable bonds is 3. The smallest absolute Gasteiger partial charge is 0.0831 e. The highest BCUT2D eigenvalue weighted by molar-refractivity contribution is 5.01. The molecule has 2 nitrogen and oxygen atoms in total. The fraction of sp³-hybridized carbons (Fsp3) is 1.00. The molecular weight excluding hydrogens is 150 g/mol. The second-order valence-electron chi connectivity index (χ2n) is 4.34. The van der Waals surface area contributed by atoms with Crippen molar-refractivity contribution in [1.29, 1.82) is 0 Å². The average Bonchev–Trinajstić information content (AvgIpc) is 2.83. The Kier molecular flexibility index (Phi) is 2.13. The van der Waals surface area contributed by atoms with Gasteiger partial charge >= 0.3 is 0 Å². The molecule has 0 aromatic rings. The van der Waals surface area contributed by atoms with Gasteiger partial charge in [0, 0.05) is 13.2 Å². The molecule has 0 aromatic carbocycles. The Balaban J connectivity index is 2.03. The normalized spacial score (nSPS) is 30.5. The number of methoxy groups -OCH3 is 1. The topological polar surface area (TPSA) is 35.2 Å². The second-order valence-corrected chi connectivity index (χ2v) is 4.34. The van der Waals surface area contributed by atoms with Gasteiger partial charge in [-0.15, -0.1) is 0 Å². The van der Waals surface area contributed by atoms with E-state index in [1.54, 1.807) is 0 Å². The lowest BCUT2D eigenvalue weighted by Crippen LogP contribution is -2.48. The third-order valence-electron chi connectivity index (χ3n) is 3.59. The van der Waals surface area contributed by atoms with Crippen molar-refractivity contribution in [3.63, 3.8) is 0 Å². The van der Waals surface area contributed by atoms with Crippen LogP contribution in [0.15, 0.2) is 0 Å². The van der Waals surface area contributed by atoms with E-state index < -0.39 is 0 Å². The molecule has 1 unspecified atom stereocenters. The van der Waals surface area contributed by atoms with Crippen LogP contribution in [-0.4, -0.2) is 18.8 Å². The van der Waals surface area contributed by atoms with Crippen molar-refractivity contribution in [2.24, 2.45) is 11.7 Å². The van der Waals surface area contributed by atoms with E-state index in [-0.39, 0.29) is 5.60 Å². The molecule has 0 aromatic heterocycles. The predicted octanol–water partition coefficient (Wildman–Crippen LogP) is 1.68. The molecule has 2 fully saturated rings. The molecule has 2 N–H and O–H groups in total. The van der Waals surface area contributed by atoms with Crippen LogP contribution in [0.25, 0.3) is 0 Å². The summed E-state index contributed by atoms with van der Waals surface area (Å²) in [6.45, 7) is 0. The van der Waals surface area contributed by atoms with Gasteiger partial charge in [-0.25, -0.2) is 0 Å². The number of ether oxygens (including phenoxy) is 1. The molecule has 0 heterocycles. The molecule has 0 amide bonds. The minimum absolute atomic E-state index is 0.0567. The molecule has 1 atom stereocenters. The molecule has 2 aliphatic carbocycles. The molecule has 2 rings (SSSR count). The van der Waals surface area contributed by atoms with Crippen LogP contribution in [0, 0.1) is 5.92 Å². The minimum atomic E-state index is 0.0567. The third-order valence-corrected chi connectivity index (χ3v) is 3.59. The van der Waals surface area contributed by atoms with Gasteiger partial charge in [0.2, 0.25) is 0 Å². The lowest BCUT2D eigenvalue weighted by Gasteiger charge is -2.34. The SMILES string of the molecule is COC1(C(N)C2CC2)CCCC1.